The van der Waals surface area contributed by atoms with Crippen molar-refractivity contribution in [1.29, 1.82) is 0 Å². The molecule has 2 aromatic rings. The van der Waals surface area contributed by atoms with Crippen molar-refractivity contribution < 1.29 is 23.8 Å². The molecule has 1 amide bonds. The Bertz CT molecular complexity index is 761. The fourth-order valence-corrected chi connectivity index (χ4v) is 2.24. The van der Waals surface area contributed by atoms with E-state index in [0.29, 0.717) is 28.6 Å². The molecule has 26 heavy (non-hydrogen) atoms. The molecule has 0 spiro atoms. The molecule has 0 saturated heterocycles. The highest BCUT2D eigenvalue weighted by atomic mass is 35.5. The van der Waals surface area contributed by atoms with Crippen LogP contribution in [0.4, 0.5) is 5.69 Å². The summed E-state index contributed by atoms with van der Waals surface area (Å²) in [5, 5.41) is 3.40. The van der Waals surface area contributed by atoms with Crippen molar-refractivity contribution in [3.63, 3.8) is 0 Å². The third-order valence-corrected chi connectivity index (χ3v) is 3.95. The number of amides is 1. The van der Waals surface area contributed by atoms with E-state index in [9.17, 15) is 9.59 Å². The van der Waals surface area contributed by atoms with Crippen LogP contribution in [-0.2, 0) is 14.3 Å². The van der Waals surface area contributed by atoms with Crippen LogP contribution in [0.25, 0.3) is 0 Å². The highest BCUT2D eigenvalue weighted by Crippen LogP contribution is 2.23. The Morgan fingerprint density at radius 1 is 1.08 bits per heavy atom. The van der Waals surface area contributed by atoms with Crippen LogP contribution in [0, 0.1) is 6.92 Å². The molecule has 0 aliphatic carbocycles. The molecule has 0 heterocycles. The summed E-state index contributed by atoms with van der Waals surface area (Å²) in [4.78, 5) is 23.8. The summed E-state index contributed by atoms with van der Waals surface area (Å²) in [6, 6.07) is 11.8. The topological polar surface area (TPSA) is 73.9 Å². The van der Waals surface area contributed by atoms with E-state index in [2.05, 4.69) is 5.32 Å². The second kappa shape index (κ2) is 9.79. The number of benzene rings is 2. The predicted octanol–water partition coefficient (Wildman–Crippen LogP) is 3.47. The van der Waals surface area contributed by atoms with Crippen molar-refractivity contribution in [3.8, 4) is 5.75 Å². The summed E-state index contributed by atoms with van der Waals surface area (Å²) in [6.07, 6.45) is 0. The minimum atomic E-state index is -0.486. The number of ether oxygens (including phenoxy) is 3. The number of halogens is 1. The lowest BCUT2D eigenvalue weighted by Gasteiger charge is -2.10. The van der Waals surface area contributed by atoms with E-state index in [1.807, 2.05) is 6.92 Å². The van der Waals surface area contributed by atoms with E-state index in [4.69, 9.17) is 25.8 Å². The molecule has 1 N–H and O–H groups in total. The first-order valence-corrected chi connectivity index (χ1v) is 8.33. The third-order valence-electron chi connectivity index (χ3n) is 3.54. The van der Waals surface area contributed by atoms with E-state index in [1.165, 1.54) is 7.11 Å². The third kappa shape index (κ3) is 5.75. The summed E-state index contributed by atoms with van der Waals surface area (Å²) >= 11 is 6.05. The predicted molar refractivity (Wildman–Crippen MR) is 98.9 cm³/mol. The molecular formula is C19H20ClNO5. The standard InChI is InChI=1S/C19H20ClNO5/c1-13-16(20)4-3-5-17(13)21-19(23)14-6-8-15(9-7-14)26-12-18(22)25-11-10-24-2/h3-9H,10-12H2,1-2H3,(H,21,23). The van der Waals surface area contributed by atoms with Crippen molar-refractivity contribution >= 4 is 29.2 Å². The molecule has 2 aromatic carbocycles. The molecule has 0 radical (unpaired) electrons. The zero-order valence-corrected chi connectivity index (χ0v) is 15.3. The van der Waals surface area contributed by atoms with Crippen molar-refractivity contribution in [2.75, 3.05) is 32.2 Å². The van der Waals surface area contributed by atoms with Crippen LogP contribution in [0.1, 0.15) is 15.9 Å². The Balaban J connectivity index is 1.89. The number of hydrogen-bond acceptors (Lipinski definition) is 5. The molecule has 0 atom stereocenters. The first-order chi connectivity index (χ1) is 12.5. The number of nitrogens with one attached hydrogen (secondary N) is 1. The van der Waals surface area contributed by atoms with Gasteiger partial charge in [0.25, 0.3) is 5.91 Å². The van der Waals surface area contributed by atoms with E-state index in [1.54, 1.807) is 42.5 Å². The quantitative estimate of drug-likeness (QED) is 0.563. The molecular weight excluding hydrogens is 358 g/mol. The fraction of sp³-hybridized carbons (Fsp3) is 0.263. The summed E-state index contributed by atoms with van der Waals surface area (Å²) in [5.74, 6) is -0.287. The Labute approximate surface area is 157 Å². The summed E-state index contributed by atoms with van der Waals surface area (Å²) in [6.45, 7) is 2.14. The van der Waals surface area contributed by atoms with Crippen molar-refractivity contribution in [1.82, 2.24) is 0 Å². The maximum absolute atomic E-state index is 12.3. The Morgan fingerprint density at radius 2 is 1.81 bits per heavy atom. The van der Waals surface area contributed by atoms with Crippen molar-refractivity contribution in [3.05, 3.63) is 58.6 Å². The first kappa shape index (κ1) is 19.8. The van der Waals surface area contributed by atoms with Gasteiger partial charge >= 0.3 is 5.97 Å². The Kier molecular flexibility index (Phi) is 7.44. The lowest BCUT2D eigenvalue weighted by atomic mass is 10.1. The largest absolute Gasteiger partial charge is 0.482 e. The number of esters is 1. The van der Waals surface area contributed by atoms with Gasteiger partial charge in [0.1, 0.15) is 12.4 Å². The van der Waals surface area contributed by atoms with E-state index in [0.717, 1.165) is 5.56 Å². The molecule has 0 bridgehead atoms. The van der Waals surface area contributed by atoms with Gasteiger partial charge in [-0.1, -0.05) is 17.7 Å². The number of anilines is 1. The zero-order chi connectivity index (χ0) is 18.9. The molecule has 138 valence electrons. The Morgan fingerprint density at radius 3 is 2.50 bits per heavy atom. The van der Waals surface area contributed by atoms with Gasteiger partial charge in [-0.25, -0.2) is 4.79 Å². The van der Waals surface area contributed by atoms with Gasteiger partial charge in [-0.15, -0.1) is 0 Å². The second-order valence-corrected chi connectivity index (χ2v) is 5.80. The fourth-order valence-electron chi connectivity index (χ4n) is 2.06. The van der Waals surface area contributed by atoms with Crippen LogP contribution in [0.15, 0.2) is 42.5 Å². The lowest BCUT2D eigenvalue weighted by Crippen LogP contribution is -2.17. The minimum Gasteiger partial charge on any atom is -0.482 e. The monoisotopic (exact) mass is 377 g/mol. The van der Waals surface area contributed by atoms with Crippen molar-refractivity contribution in [2.45, 2.75) is 6.92 Å². The summed E-state index contributed by atoms with van der Waals surface area (Å²) in [5.41, 5.74) is 1.91. The molecule has 6 nitrogen and oxygen atoms in total. The number of rotatable bonds is 8. The Hall–Kier alpha value is -2.57. The van der Waals surface area contributed by atoms with Gasteiger partial charge in [0, 0.05) is 23.4 Å². The lowest BCUT2D eigenvalue weighted by molar-refractivity contribution is -0.147. The molecule has 0 fully saturated rings. The second-order valence-electron chi connectivity index (χ2n) is 5.39. The number of carbonyl (C=O) groups is 2. The maximum atomic E-state index is 12.3. The van der Waals surface area contributed by atoms with E-state index >= 15 is 0 Å². The van der Waals surface area contributed by atoms with Gasteiger partial charge in [-0.05, 0) is 48.9 Å². The van der Waals surface area contributed by atoms with Gasteiger partial charge in [0.05, 0.1) is 6.61 Å². The van der Waals surface area contributed by atoms with Gasteiger partial charge in [0.2, 0.25) is 0 Å². The van der Waals surface area contributed by atoms with Gasteiger partial charge in [0.15, 0.2) is 6.61 Å². The van der Waals surface area contributed by atoms with Gasteiger partial charge in [-0.3, -0.25) is 4.79 Å². The molecule has 2 rings (SSSR count). The summed E-state index contributed by atoms with van der Waals surface area (Å²) < 4.78 is 15.0. The first-order valence-electron chi connectivity index (χ1n) is 7.95. The average Bonchev–Trinajstić information content (AvgIpc) is 2.64. The average molecular weight is 378 g/mol. The van der Waals surface area contributed by atoms with Gasteiger partial charge in [-0.2, -0.15) is 0 Å². The molecule has 0 saturated carbocycles. The number of methoxy groups -OCH3 is 1. The highest BCUT2D eigenvalue weighted by molar-refractivity contribution is 6.31. The maximum Gasteiger partial charge on any atom is 0.344 e. The van der Waals surface area contributed by atoms with Crippen LogP contribution in [0.3, 0.4) is 0 Å². The highest BCUT2D eigenvalue weighted by Gasteiger charge is 2.10. The zero-order valence-electron chi connectivity index (χ0n) is 14.6. The normalized spacial score (nSPS) is 10.3. The summed E-state index contributed by atoms with van der Waals surface area (Å²) in [7, 11) is 1.52. The molecule has 0 aromatic heterocycles. The smallest absolute Gasteiger partial charge is 0.344 e. The van der Waals surface area contributed by atoms with E-state index in [-0.39, 0.29) is 19.1 Å². The minimum absolute atomic E-state index is 0.181. The van der Waals surface area contributed by atoms with Crippen molar-refractivity contribution in [2.24, 2.45) is 0 Å². The molecule has 0 aliphatic heterocycles. The molecule has 0 aliphatic rings. The number of carbonyl (C=O) groups excluding carboxylic acids is 2. The van der Waals surface area contributed by atoms with Crippen LogP contribution in [0.5, 0.6) is 5.75 Å². The van der Waals surface area contributed by atoms with Crippen LogP contribution >= 0.6 is 11.6 Å². The van der Waals surface area contributed by atoms with E-state index < -0.39 is 5.97 Å². The van der Waals surface area contributed by atoms with Crippen LogP contribution in [0.2, 0.25) is 5.02 Å². The molecule has 7 heteroatoms. The van der Waals surface area contributed by atoms with Gasteiger partial charge < -0.3 is 19.5 Å². The van der Waals surface area contributed by atoms with Crippen LogP contribution in [-0.4, -0.2) is 38.8 Å². The SMILES string of the molecule is COCCOC(=O)COc1ccc(C(=O)Nc2cccc(Cl)c2C)cc1. The number of hydrogen-bond donors (Lipinski definition) is 1. The molecule has 0 unspecified atom stereocenters. The van der Waals surface area contributed by atoms with Crippen LogP contribution < -0.4 is 10.1 Å².